The Labute approximate surface area is 142 Å². The molecule has 0 bridgehead atoms. The smallest absolute Gasteiger partial charge is 0.167 e. The normalized spacial score (nSPS) is 10.9. The molecule has 4 aromatic rings. The van der Waals surface area contributed by atoms with Crippen LogP contribution in [0, 0.1) is 5.82 Å². The van der Waals surface area contributed by atoms with Crippen LogP contribution in [0.3, 0.4) is 0 Å². The molecular weight excluding hydrogens is 323 g/mol. The molecule has 0 radical (unpaired) electrons. The summed E-state index contributed by atoms with van der Waals surface area (Å²) in [5.41, 5.74) is 7.88. The van der Waals surface area contributed by atoms with Gasteiger partial charge in [-0.1, -0.05) is 30.3 Å². The second kappa shape index (κ2) is 5.94. The van der Waals surface area contributed by atoms with Crippen molar-refractivity contribution in [3.63, 3.8) is 0 Å². The molecule has 3 nitrogen and oxygen atoms in total. The van der Waals surface area contributed by atoms with Crippen LogP contribution in [0.25, 0.3) is 20.7 Å². The van der Waals surface area contributed by atoms with Crippen molar-refractivity contribution in [3.8, 4) is 21.9 Å². The maximum atomic E-state index is 14.0. The van der Waals surface area contributed by atoms with Crippen LogP contribution < -0.4 is 10.5 Å². The van der Waals surface area contributed by atoms with Crippen molar-refractivity contribution >= 4 is 27.2 Å². The number of nitrogens with zero attached hydrogens (tertiary/aromatic N) is 1. The van der Waals surface area contributed by atoms with Gasteiger partial charge in [0, 0.05) is 28.9 Å². The van der Waals surface area contributed by atoms with Crippen LogP contribution in [0.1, 0.15) is 0 Å². The summed E-state index contributed by atoms with van der Waals surface area (Å²) in [6.07, 6.45) is 1.66. The highest BCUT2D eigenvalue weighted by molar-refractivity contribution is 7.22. The fourth-order valence-corrected chi connectivity index (χ4v) is 3.53. The first-order valence-electron chi connectivity index (χ1n) is 7.37. The van der Waals surface area contributed by atoms with Crippen LogP contribution in [0.4, 0.5) is 10.1 Å². The fraction of sp³-hybridized carbons (Fsp3) is 0. The number of pyridine rings is 1. The van der Waals surface area contributed by atoms with Crippen molar-refractivity contribution in [2.45, 2.75) is 0 Å². The second-order valence-corrected chi connectivity index (χ2v) is 6.34. The Morgan fingerprint density at radius 3 is 2.58 bits per heavy atom. The zero-order valence-electron chi connectivity index (χ0n) is 12.6. The maximum absolute atomic E-state index is 14.0. The molecule has 0 unspecified atom stereocenters. The van der Waals surface area contributed by atoms with E-state index in [1.807, 2.05) is 36.4 Å². The minimum Gasteiger partial charge on any atom is -0.453 e. The molecule has 2 aromatic carbocycles. The lowest BCUT2D eigenvalue weighted by Crippen LogP contribution is -1.91. The molecule has 0 saturated heterocycles. The number of anilines is 1. The number of fused-ring (bicyclic) bond motifs is 1. The number of nitrogens with two attached hydrogens (primary N) is 1. The first-order valence-corrected chi connectivity index (χ1v) is 8.19. The Hall–Kier alpha value is -2.92. The third-order valence-corrected chi connectivity index (χ3v) is 4.80. The molecule has 0 aliphatic rings. The summed E-state index contributed by atoms with van der Waals surface area (Å²) >= 11 is 1.57. The summed E-state index contributed by atoms with van der Waals surface area (Å²) in [5.74, 6) is 0.238. The zero-order chi connectivity index (χ0) is 16.5. The summed E-state index contributed by atoms with van der Waals surface area (Å²) in [4.78, 5) is 5.47. The fourth-order valence-electron chi connectivity index (χ4n) is 2.46. The number of thiophene rings is 1. The van der Waals surface area contributed by atoms with Gasteiger partial charge in [-0.25, -0.2) is 4.39 Å². The number of hydrogen-bond acceptors (Lipinski definition) is 4. The highest BCUT2D eigenvalue weighted by Gasteiger charge is 2.12. The van der Waals surface area contributed by atoms with Crippen LogP contribution in [-0.4, -0.2) is 4.98 Å². The molecule has 0 atom stereocenters. The van der Waals surface area contributed by atoms with Crippen LogP contribution in [0.15, 0.2) is 66.9 Å². The van der Waals surface area contributed by atoms with E-state index in [0.717, 1.165) is 20.7 Å². The van der Waals surface area contributed by atoms with E-state index in [9.17, 15) is 4.39 Å². The Morgan fingerprint density at radius 1 is 0.958 bits per heavy atom. The molecule has 118 valence electrons. The van der Waals surface area contributed by atoms with Crippen LogP contribution >= 0.6 is 11.3 Å². The van der Waals surface area contributed by atoms with Gasteiger partial charge in [0.2, 0.25) is 0 Å². The summed E-state index contributed by atoms with van der Waals surface area (Å²) in [6, 6.07) is 18.2. The summed E-state index contributed by atoms with van der Waals surface area (Å²) < 4.78 is 20.6. The molecule has 0 aliphatic carbocycles. The number of nitrogen functional groups attached to an aromatic ring is 1. The predicted molar refractivity (Wildman–Crippen MR) is 95.9 cm³/mol. The highest BCUT2D eigenvalue weighted by Crippen LogP contribution is 2.39. The lowest BCUT2D eigenvalue weighted by molar-refractivity contribution is 0.447. The van der Waals surface area contributed by atoms with E-state index in [1.165, 1.54) is 12.1 Å². The average molecular weight is 336 g/mol. The SMILES string of the molecule is Nc1ccc(Oc2ccnc3cc(-c4ccccc4)sc23)c(F)c1. The molecule has 0 amide bonds. The van der Waals surface area contributed by atoms with Crippen LogP contribution in [0.2, 0.25) is 0 Å². The zero-order valence-corrected chi connectivity index (χ0v) is 13.4. The van der Waals surface area contributed by atoms with Gasteiger partial charge in [0.15, 0.2) is 11.6 Å². The van der Waals surface area contributed by atoms with Crippen molar-refractivity contribution in [3.05, 3.63) is 72.7 Å². The maximum Gasteiger partial charge on any atom is 0.167 e. The lowest BCUT2D eigenvalue weighted by Gasteiger charge is -2.07. The van der Waals surface area contributed by atoms with Gasteiger partial charge in [0.25, 0.3) is 0 Å². The molecule has 2 aromatic heterocycles. The summed E-state index contributed by atoms with van der Waals surface area (Å²) in [5, 5.41) is 0. The van der Waals surface area contributed by atoms with Crippen molar-refractivity contribution in [2.75, 3.05) is 5.73 Å². The predicted octanol–water partition coefficient (Wildman–Crippen LogP) is 5.48. The van der Waals surface area contributed by atoms with E-state index < -0.39 is 5.82 Å². The number of rotatable bonds is 3. The molecule has 0 saturated carbocycles. The van der Waals surface area contributed by atoms with E-state index in [2.05, 4.69) is 4.98 Å². The van der Waals surface area contributed by atoms with E-state index in [1.54, 1.807) is 29.7 Å². The van der Waals surface area contributed by atoms with Crippen molar-refractivity contribution in [2.24, 2.45) is 0 Å². The Balaban J connectivity index is 1.77. The minimum absolute atomic E-state index is 0.145. The standard InChI is InChI=1S/C19H13FN2OS/c20-14-10-13(21)6-7-16(14)23-17-8-9-22-15-11-18(24-19(15)17)12-4-2-1-3-5-12/h1-11H,21H2. The van der Waals surface area contributed by atoms with Gasteiger partial charge < -0.3 is 10.5 Å². The number of aromatic nitrogens is 1. The monoisotopic (exact) mass is 336 g/mol. The van der Waals surface area contributed by atoms with E-state index in [-0.39, 0.29) is 5.75 Å². The van der Waals surface area contributed by atoms with E-state index in [0.29, 0.717) is 11.4 Å². The summed E-state index contributed by atoms with van der Waals surface area (Å²) in [7, 11) is 0. The molecule has 24 heavy (non-hydrogen) atoms. The first kappa shape index (κ1) is 14.7. The largest absolute Gasteiger partial charge is 0.453 e. The van der Waals surface area contributed by atoms with Crippen molar-refractivity contribution in [1.82, 2.24) is 4.98 Å². The van der Waals surface area contributed by atoms with E-state index in [4.69, 9.17) is 10.5 Å². The van der Waals surface area contributed by atoms with Gasteiger partial charge in [0.1, 0.15) is 5.75 Å². The van der Waals surface area contributed by atoms with Crippen molar-refractivity contribution in [1.29, 1.82) is 0 Å². The minimum atomic E-state index is -0.486. The van der Waals surface area contributed by atoms with Gasteiger partial charge in [-0.3, -0.25) is 4.98 Å². The van der Waals surface area contributed by atoms with Gasteiger partial charge in [-0.15, -0.1) is 11.3 Å². The Kier molecular flexibility index (Phi) is 3.63. The van der Waals surface area contributed by atoms with Gasteiger partial charge in [0.05, 0.1) is 10.2 Å². The molecule has 2 N–H and O–H groups in total. The number of ether oxygens (including phenoxy) is 1. The van der Waals surface area contributed by atoms with Crippen molar-refractivity contribution < 1.29 is 9.13 Å². The molecule has 4 rings (SSSR count). The lowest BCUT2D eigenvalue weighted by atomic mass is 10.2. The number of hydrogen-bond donors (Lipinski definition) is 1. The Bertz CT molecular complexity index is 1010. The molecular formula is C19H13FN2OS. The quantitative estimate of drug-likeness (QED) is 0.504. The molecule has 0 aliphatic heterocycles. The Morgan fingerprint density at radius 2 is 1.79 bits per heavy atom. The van der Waals surface area contributed by atoms with Gasteiger partial charge in [-0.05, 0) is 23.8 Å². The average Bonchev–Trinajstić information content (AvgIpc) is 3.03. The van der Waals surface area contributed by atoms with Gasteiger partial charge in [-0.2, -0.15) is 0 Å². The number of halogens is 1. The van der Waals surface area contributed by atoms with Gasteiger partial charge >= 0.3 is 0 Å². The van der Waals surface area contributed by atoms with Crippen LogP contribution in [-0.2, 0) is 0 Å². The molecule has 5 heteroatoms. The highest BCUT2D eigenvalue weighted by atomic mass is 32.1. The first-order chi connectivity index (χ1) is 11.7. The molecule has 0 fully saturated rings. The molecule has 2 heterocycles. The third kappa shape index (κ3) is 2.70. The topological polar surface area (TPSA) is 48.1 Å². The van der Waals surface area contributed by atoms with Crippen LogP contribution in [0.5, 0.6) is 11.5 Å². The second-order valence-electron chi connectivity index (χ2n) is 5.29. The summed E-state index contributed by atoms with van der Waals surface area (Å²) in [6.45, 7) is 0. The third-order valence-electron chi connectivity index (χ3n) is 3.61. The number of benzene rings is 2. The van der Waals surface area contributed by atoms with E-state index >= 15 is 0 Å². The molecule has 0 spiro atoms.